The summed E-state index contributed by atoms with van der Waals surface area (Å²) in [5.74, 6) is 0.545. The maximum Gasteiger partial charge on any atom is 0.387 e. The molecule has 1 amide bonds. The van der Waals surface area contributed by atoms with Crippen molar-refractivity contribution >= 4 is 5.91 Å². The van der Waals surface area contributed by atoms with Gasteiger partial charge in [0.15, 0.2) is 0 Å². The van der Waals surface area contributed by atoms with Gasteiger partial charge in [0.25, 0.3) is 5.91 Å². The highest BCUT2D eigenvalue weighted by atomic mass is 19.3. The Hall–Kier alpha value is -1.69. The van der Waals surface area contributed by atoms with Gasteiger partial charge in [-0.05, 0) is 43.5 Å². The fraction of sp³-hybridized carbons (Fsp3) is 0.533. The summed E-state index contributed by atoms with van der Waals surface area (Å²) in [5.41, 5.74) is 0.510. The van der Waals surface area contributed by atoms with Crippen molar-refractivity contribution in [3.05, 3.63) is 29.8 Å². The van der Waals surface area contributed by atoms with Gasteiger partial charge in [-0.2, -0.15) is 8.78 Å². The van der Waals surface area contributed by atoms with Crippen LogP contribution >= 0.6 is 0 Å². The van der Waals surface area contributed by atoms with Crippen molar-refractivity contribution in [1.82, 2.24) is 10.2 Å². The normalized spacial score (nSPS) is 28.0. The second-order valence-corrected chi connectivity index (χ2v) is 5.69. The number of carbonyl (C=O) groups excluding carboxylic acids is 1. The number of benzene rings is 1. The number of carbonyl (C=O) groups is 1. The van der Waals surface area contributed by atoms with Gasteiger partial charge in [-0.25, -0.2) is 0 Å². The summed E-state index contributed by atoms with van der Waals surface area (Å²) in [7, 11) is 0. The zero-order valence-electron chi connectivity index (χ0n) is 11.8. The molecule has 0 spiro atoms. The molecule has 2 aliphatic heterocycles. The zero-order valence-corrected chi connectivity index (χ0v) is 11.8. The lowest BCUT2D eigenvalue weighted by molar-refractivity contribution is -0.0498. The molecular formula is C15H18F2N2O2. The van der Waals surface area contributed by atoms with E-state index in [4.69, 9.17) is 0 Å². The summed E-state index contributed by atoms with van der Waals surface area (Å²) in [6.07, 6.45) is 1.01. The molecule has 4 nitrogen and oxygen atoms in total. The molecule has 3 atom stereocenters. The minimum Gasteiger partial charge on any atom is -0.435 e. The topological polar surface area (TPSA) is 41.6 Å². The molecule has 6 heteroatoms. The van der Waals surface area contributed by atoms with Gasteiger partial charge in [0.2, 0.25) is 0 Å². The molecule has 3 unspecified atom stereocenters. The molecule has 114 valence electrons. The van der Waals surface area contributed by atoms with Crippen LogP contribution in [-0.2, 0) is 0 Å². The van der Waals surface area contributed by atoms with E-state index in [2.05, 4.69) is 17.0 Å². The fourth-order valence-corrected chi connectivity index (χ4v) is 3.44. The van der Waals surface area contributed by atoms with Crippen molar-refractivity contribution in [3.8, 4) is 5.75 Å². The second kappa shape index (κ2) is 5.60. The first-order valence-corrected chi connectivity index (χ1v) is 7.14. The highest BCUT2D eigenvalue weighted by molar-refractivity contribution is 5.95. The van der Waals surface area contributed by atoms with Gasteiger partial charge < -0.3 is 15.0 Å². The summed E-state index contributed by atoms with van der Waals surface area (Å²) in [6.45, 7) is 0.994. The Morgan fingerprint density at radius 2 is 2.05 bits per heavy atom. The largest absolute Gasteiger partial charge is 0.435 e. The maximum absolute atomic E-state index is 12.6. The average Bonchev–Trinajstić information content (AvgIpc) is 2.98. The number of nitrogens with one attached hydrogen (secondary N) is 1. The third kappa shape index (κ3) is 2.72. The van der Waals surface area contributed by atoms with Gasteiger partial charge >= 0.3 is 6.61 Å². The lowest BCUT2D eigenvalue weighted by Gasteiger charge is -2.27. The van der Waals surface area contributed by atoms with Crippen molar-refractivity contribution in [2.75, 3.05) is 13.1 Å². The molecule has 2 saturated heterocycles. The number of hydrogen-bond acceptors (Lipinski definition) is 3. The Balaban J connectivity index is 1.75. The van der Waals surface area contributed by atoms with Gasteiger partial charge in [0.1, 0.15) is 5.75 Å². The summed E-state index contributed by atoms with van der Waals surface area (Å²) in [6, 6.07) is 6.36. The van der Waals surface area contributed by atoms with Crippen molar-refractivity contribution in [2.45, 2.75) is 32.0 Å². The van der Waals surface area contributed by atoms with Gasteiger partial charge in [0, 0.05) is 30.7 Å². The quantitative estimate of drug-likeness (QED) is 0.929. The molecule has 0 bridgehead atoms. The summed E-state index contributed by atoms with van der Waals surface area (Å²) in [5, 5.41) is 3.31. The minimum absolute atomic E-state index is 0.0395. The van der Waals surface area contributed by atoms with Gasteiger partial charge in [-0.3, -0.25) is 4.79 Å². The maximum atomic E-state index is 12.6. The van der Waals surface area contributed by atoms with Crippen LogP contribution in [-0.4, -0.2) is 42.6 Å². The molecule has 2 aliphatic rings. The fourth-order valence-electron chi connectivity index (χ4n) is 3.44. The van der Waals surface area contributed by atoms with Crippen molar-refractivity contribution in [3.63, 3.8) is 0 Å². The number of halogens is 2. The first-order valence-electron chi connectivity index (χ1n) is 7.14. The van der Waals surface area contributed by atoms with Gasteiger partial charge in [0.05, 0.1) is 0 Å². The monoisotopic (exact) mass is 296 g/mol. The lowest BCUT2D eigenvalue weighted by Crippen LogP contribution is -2.42. The van der Waals surface area contributed by atoms with Crippen LogP contribution < -0.4 is 10.1 Å². The van der Waals surface area contributed by atoms with Crippen LogP contribution in [0.3, 0.4) is 0 Å². The smallest absolute Gasteiger partial charge is 0.387 e. The predicted molar refractivity (Wildman–Crippen MR) is 73.5 cm³/mol. The number of nitrogens with zero attached hydrogens (tertiary/aromatic N) is 1. The molecule has 0 radical (unpaired) electrons. The summed E-state index contributed by atoms with van der Waals surface area (Å²) < 4.78 is 28.5. The van der Waals surface area contributed by atoms with Crippen LogP contribution in [0.25, 0.3) is 0 Å². The summed E-state index contributed by atoms with van der Waals surface area (Å²) in [4.78, 5) is 14.6. The molecule has 2 fully saturated rings. The third-order valence-electron chi connectivity index (χ3n) is 4.34. The number of hydrogen-bond donors (Lipinski definition) is 1. The van der Waals surface area contributed by atoms with Crippen LogP contribution in [0.1, 0.15) is 23.7 Å². The number of fused-ring (bicyclic) bond motifs is 1. The van der Waals surface area contributed by atoms with Gasteiger partial charge in [-0.1, -0.05) is 0 Å². The highest BCUT2D eigenvalue weighted by Gasteiger charge is 2.44. The van der Waals surface area contributed by atoms with Crippen LogP contribution in [0.2, 0.25) is 0 Å². The van der Waals surface area contributed by atoms with E-state index in [1.165, 1.54) is 12.1 Å². The number of likely N-dealkylation sites (tertiary alicyclic amines) is 1. The molecule has 1 N–H and O–H groups in total. The van der Waals surface area contributed by atoms with Crippen LogP contribution in [0.4, 0.5) is 8.78 Å². The number of alkyl halides is 2. The first kappa shape index (κ1) is 14.3. The van der Waals surface area contributed by atoms with Crippen molar-refractivity contribution in [1.29, 1.82) is 0 Å². The van der Waals surface area contributed by atoms with Crippen molar-refractivity contribution in [2.24, 2.45) is 5.92 Å². The predicted octanol–water partition coefficient (Wildman–Crippen LogP) is 2.11. The van der Waals surface area contributed by atoms with Crippen LogP contribution in [0, 0.1) is 5.92 Å². The Morgan fingerprint density at radius 1 is 1.33 bits per heavy atom. The van der Waals surface area contributed by atoms with E-state index < -0.39 is 6.61 Å². The first-order chi connectivity index (χ1) is 10.1. The molecule has 3 rings (SSSR count). The molecule has 1 aromatic carbocycles. The van der Waals surface area contributed by atoms with E-state index in [0.717, 1.165) is 19.5 Å². The molecule has 21 heavy (non-hydrogen) atoms. The van der Waals surface area contributed by atoms with E-state index >= 15 is 0 Å². The van der Waals surface area contributed by atoms with E-state index in [1.54, 1.807) is 12.1 Å². The van der Waals surface area contributed by atoms with Crippen LogP contribution in [0.5, 0.6) is 5.75 Å². The van der Waals surface area contributed by atoms with Crippen LogP contribution in [0.15, 0.2) is 24.3 Å². The third-order valence-corrected chi connectivity index (χ3v) is 4.34. The molecular weight excluding hydrogens is 278 g/mol. The van der Waals surface area contributed by atoms with E-state index in [-0.39, 0.29) is 23.7 Å². The van der Waals surface area contributed by atoms with Crippen molar-refractivity contribution < 1.29 is 18.3 Å². The Labute approximate surface area is 122 Å². The van der Waals surface area contributed by atoms with Gasteiger partial charge in [-0.15, -0.1) is 0 Å². The second-order valence-electron chi connectivity index (χ2n) is 5.69. The van der Waals surface area contributed by atoms with E-state index in [1.807, 2.05) is 4.90 Å². The highest BCUT2D eigenvalue weighted by Crippen LogP contribution is 2.33. The number of rotatable bonds is 3. The molecule has 0 aromatic heterocycles. The molecule has 0 aliphatic carbocycles. The summed E-state index contributed by atoms with van der Waals surface area (Å²) >= 11 is 0. The van der Waals surface area contributed by atoms with E-state index in [9.17, 15) is 13.6 Å². The standard InChI is InChI=1S/C15H18F2N2O2/c1-9-6-11-7-18-8-13(11)19(9)14(20)10-2-4-12(5-3-10)21-15(16)17/h2-5,9,11,13,15,18H,6-8H2,1H3. The Kier molecular flexibility index (Phi) is 3.80. The van der Waals surface area contributed by atoms with E-state index in [0.29, 0.717) is 11.5 Å². The molecule has 2 heterocycles. The minimum atomic E-state index is -2.85. The zero-order chi connectivity index (χ0) is 15.0. The number of ether oxygens (including phenoxy) is 1. The SMILES string of the molecule is CC1CC2CNCC2N1C(=O)c1ccc(OC(F)F)cc1. The molecule has 0 saturated carbocycles. The number of amides is 1. The molecule has 1 aromatic rings. The Bertz CT molecular complexity index is 521. The average molecular weight is 296 g/mol. The lowest BCUT2D eigenvalue weighted by atomic mass is 10.0. The Morgan fingerprint density at radius 3 is 2.71 bits per heavy atom.